The van der Waals surface area contributed by atoms with Crippen LogP contribution in [0.15, 0.2) is 24.3 Å². The molecule has 0 aromatic heterocycles. The standard InChI is InChI=1S/C16H22N2O2/c1-20-11-12-7-9-18(10-12)16(19)14-6-8-17-15-5-3-2-4-13(14)15/h2-5,12,14,17H,6-11H2,1H3. The van der Waals surface area contributed by atoms with Gasteiger partial charge in [0.15, 0.2) is 0 Å². The molecule has 1 aromatic rings. The number of methoxy groups -OCH3 is 1. The summed E-state index contributed by atoms with van der Waals surface area (Å²) in [5.74, 6) is 0.812. The highest BCUT2D eigenvalue weighted by atomic mass is 16.5. The molecule has 1 N–H and O–H groups in total. The van der Waals surface area contributed by atoms with Gasteiger partial charge in [0.05, 0.1) is 12.5 Å². The van der Waals surface area contributed by atoms with E-state index in [0.717, 1.165) is 50.3 Å². The molecule has 2 unspecified atom stereocenters. The highest BCUT2D eigenvalue weighted by Gasteiger charge is 2.33. The lowest BCUT2D eigenvalue weighted by Crippen LogP contribution is -2.36. The predicted octanol–water partition coefficient (Wildman–Crippen LogP) is 2.08. The Morgan fingerprint density at radius 2 is 2.25 bits per heavy atom. The van der Waals surface area contributed by atoms with Crippen LogP contribution in [0.3, 0.4) is 0 Å². The van der Waals surface area contributed by atoms with E-state index < -0.39 is 0 Å². The summed E-state index contributed by atoms with van der Waals surface area (Å²) in [4.78, 5) is 14.8. The van der Waals surface area contributed by atoms with Crippen LogP contribution in [0.5, 0.6) is 0 Å². The minimum absolute atomic E-state index is 0.0220. The van der Waals surface area contributed by atoms with Crippen LogP contribution in [0.4, 0.5) is 5.69 Å². The molecule has 4 nitrogen and oxygen atoms in total. The number of benzene rings is 1. The second-order valence-electron chi connectivity index (χ2n) is 5.75. The van der Waals surface area contributed by atoms with Gasteiger partial charge in [0.1, 0.15) is 0 Å². The van der Waals surface area contributed by atoms with Gasteiger partial charge in [-0.05, 0) is 24.5 Å². The van der Waals surface area contributed by atoms with Crippen molar-refractivity contribution >= 4 is 11.6 Å². The number of ether oxygens (including phenoxy) is 1. The van der Waals surface area contributed by atoms with Crippen LogP contribution in [-0.4, -0.2) is 44.2 Å². The van der Waals surface area contributed by atoms with Gasteiger partial charge in [0.2, 0.25) is 5.91 Å². The first-order valence-electron chi connectivity index (χ1n) is 7.40. The third kappa shape index (κ3) is 2.52. The van der Waals surface area contributed by atoms with Crippen molar-refractivity contribution in [3.05, 3.63) is 29.8 Å². The van der Waals surface area contributed by atoms with E-state index >= 15 is 0 Å². The third-order valence-electron chi connectivity index (χ3n) is 4.38. The van der Waals surface area contributed by atoms with Crippen molar-refractivity contribution in [3.63, 3.8) is 0 Å². The maximum atomic E-state index is 12.8. The molecule has 0 spiro atoms. The van der Waals surface area contributed by atoms with Crippen molar-refractivity contribution in [2.24, 2.45) is 5.92 Å². The van der Waals surface area contributed by atoms with Gasteiger partial charge in [0.25, 0.3) is 0 Å². The van der Waals surface area contributed by atoms with E-state index in [1.165, 1.54) is 0 Å². The van der Waals surface area contributed by atoms with Crippen LogP contribution in [-0.2, 0) is 9.53 Å². The van der Waals surface area contributed by atoms with Crippen LogP contribution >= 0.6 is 0 Å². The summed E-state index contributed by atoms with van der Waals surface area (Å²) >= 11 is 0. The molecule has 1 amide bonds. The molecule has 0 radical (unpaired) electrons. The number of rotatable bonds is 3. The zero-order chi connectivity index (χ0) is 13.9. The molecule has 20 heavy (non-hydrogen) atoms. The maximum absolute atomic E-state index is 12.8. The van der Waals surface area contributed by atoms with E-state index in [9.17, 15) is 4.79 Å². The fourth-order valence-electron chi connectivity index (χ4n) is 3.35. The Labute approximate surface area is 120 Å². The number of nitrogens with one attached hydrogen (secondary N) is 1. The van der Waals surface area contributed by atoms with Gasteiger partial charge in [-0.2, -0.15) is 0 Å². The van der Waals surface area contributed by atoms with Gasteiger partial charge in [-0.1, -0.05) is 18.2 Å². The summed E-state index contributed by atoms with van der Waals surface area (Å²) in [5, 5.41) is 3.38. The highest BCUT2D eigenvalue weighted by Crippen LogP contribution is 2.33. The number of carbonyl (C=O) groups is 1. The van der Waals surface area contributed by atoms with Crippen LogP contribution in [0.25, 0.3) is 0 Å². The minimum atomic E-state index is 0.0220. The van der Waals surface area contributed by atoms with Gasteiger partial charge in [-0.25, -0.2) is 0 Å². The molecule has 1 fully saturated rings. The third-order valence-corrected chi connectivity index (χ3v) is 4.38. The Bertz CT molecular complexity index is 489. The zero-order valence-electron chi connectivity index (χ0n) is 12.0. The molecule has 0 bridgehead atoms. The van der Waals surface area contributed by atoms with Crippen molar-refractivity contribution in [2.45, 2.75) is 18.8 Å². The Hall–Kier alpha value is -1.55. The molecule has 3 rings (SSSR count). The van der Waals surface area contributed by atoms with Gasteiger partial charge in [-0.15, -0.1) is 0 Å². The number of likely N-dealkylation sites (tertiary alicyclic amines) is 1. The molecule has 1 aromatic carbocycles. The van der Waals surface area contributed by atoms with Crippen molar-refractivity contribution < 1.29 is 9.53 Å². The molecule has 4 heteroatoms. The van der Waals surface area contributed by atoms with Crippen molar-refractivity contribution in [1.82, 2.24) is 4.90 Å². The smallest absolute Gasteiger partial charge is 0.230 e. The van der Waals surface area contributed by atoms with Crippen LogP contribution in [0.1, 0.15) is 24.3 Å². The van der Waals surface area contributed by atoms with E-state index in [2.05, 4.69) is 17.4 Å². The fraction of sp³-hybridized carbons (Fsp3) is 0.562. The fourth-order valence-corrected chi connectivity index (χ4v) is 3.35. The first-order chi connectivity index (χ1) is 9.79. The Morgan fingerprint density at radius 3 is 3.10 bits per heavy atom. The van der Waals surface area contributed by atoms with Gasteiger partial charge >= 0.3 is 0 Å². The average molecular weight is 274 g/mol. The van der Waals surface area contributed by atoms with E-state index in [1.54, 1.807) is 7.11 Å². The summed E-state index contributed by atoms with van der Waals surface area (Å²) in [5.41, 5.74) is 2.27. The van der Waals surface area contributed by atoms with Crippen molar-refractivity contribution in [2.75, 3.05) is 38.7 Å². The SMILES string of the molecule is COCC1CCN(C(=O)C2CCNc3ccccc32)C1. The van der Waals surface area contributed by atoms with E-state index in [4.69, 9.17) is 4.74 Å². The molecule has 2 aliphatic rings. The zero-order valence-corrected chi connectivity index (χ0v) is 12.0. The number of anilines is 1. The topological polar surface area (TPSA) is 41.6 Å². The highest BCUT2D eigenvalue weighted by molar-refractivity contribution is 5.86. The predicted molar refractivity (Wildman–Crippen MR) is 78.9 cm³/mol. The Kier molecular flexibility index (Phi) is 3.92. The van der Waals surface area contributed by atoms with Crippen LogP contribution in [0, 0.1) is 5.92 Å². The molecule has 1 saturated heterocycles. The lowest BCUT2D eigenvalue weighted by Gasteiger charge is -2.29. The van der Waals surface area contributed by atoms with Gasteiger partial charge < -0.3 is 15.0 Å². The number of hydrogen-bond donors (Lipinski definition) is 1. The molecule has 0 saturated carbocycles. The number of para-hydroxylation sites is 1. The van der Waals surface area contributed by atoms with Crippen LogP contribution < -0.4 is 5.32 Å². The van der Waals surface area contributed by atoms with Crippen molar-refractivity contribution in [1.29, 1.82) is 0 Å². The average Bonchev–Trinajstić information content (AvgIpc) is 2.95. The molecule has 108 valence electrons. The lowest BCUT2D eigenvalue weighted by molar-refractivity contribution is -0.132. The monoisotopic (exact) mass is 274 g/mol. The van der Waals surface area contributed by atoms with Crippen LogP contribution in [0.2, 0.25) is 0 Å². The van der Waals surface area contributed by atoms with E-state index in [-0.39, 0.29) is 11.8 Å². The molecule has 2 aliphatic heterocycles. The molecule has 2 atom stereocenters. The molecular formula is C16H22N2O2. The molecule has 2 heterocycles. The van der Waals surface area contributed by atoms with Crippen molar-refractivity contribution in [3.8, 4) is 0 Å². The lowest BCUT2D eigenvalue weighted by atomic mass is 9.90. The first-order valence-corrected chi connectivity index (χ1v) is 7.40. The summed E-state index contributed by atoms with van der Waals surface area (Å²) in [6.07, 6.45) is 1.95. The van der Waals surface area contributed by atoms with Gasteiger partial charge in [-0.3, -0.25) is 4.79 Å². The Morgan fingerprint density at radius 1 is 1.40 bits per heavy atom. The number of amides is 1. The summed E-state index contributed by atoms with van der Waals surface area (Å²) < 4.78 is 5.21. The molecular weight excluding hydrogens is 252 g/mol. The summed E-state index contributed by atoms with van der Waals surface area (Å²) in [7, 11) is 1.73. The minimum Gasteiger partial charge on any atom is -0.385 e. The number of carbonyl (C=O) groups excluding carboxylic acids is 1. The van der Waals surface area contributed by atoms with Gasteiger partial charge in [0, 0.05) is 38.3 Å². The Balaban J connectivity index is 1.73. The second-order valence-corrected chi connectivity index (χ2v) is 5.75. The van der Waals surface area contributed by atoms with E-state index in [1.807, 2.05) is 17.0 Å². The molecule has 0 aliphatic carbocycles. The van der Waals surface area contributed by atoms with E-state index in [0.29, 0.717) is 5.92 Å². The number of hydrogen-bond acceptors (Lipinski definition) is 3. The number of nitrogens with zero attached hydrogens (tertiary/aromatic N) is 1. The normalized spacial score (nSPS) is 25.1. The summed E-state index contributed by atoms with van der Waals surface area (Å²) in [6, 6.07) is 8.17. The largest absolute Gasteiger partial charge is 0.385 e. The quantitative estimate of drug-likeness (QED) is 0.917. The second kappa shape index (κ2) is 5.83. The number of fused-ring (bicyclic) bond motifs is 1. The summed E-state index contributed by atoms with van der Waals surface area (Å²) in [6.45, 7) is 3.35. The first kappa shape index (κ1) is 13.4. The maximum Gasteiger partial charge on any atom is 0.230 e.